The Kier molecular flexibility index (Phi) is 17.3. The molecule has 0 aromatic heterocycles. The van der Waals surface area contributed by atoms with Gasteiger partial charge in [-0.1, -0.05) is 6.07 Å². The van der Waals surface area contributed by atoms with Crippen LogP contribution in [0, 0.1) is 0 Å². The minimum Gasteiger partial charge on any atom is -0.485 e. The zero-order chi connectivity index (χ0) is 33.0. The van der Waals surface area contributed by atoms with Crippen LogP contribution < -0.4 is 10.1 Å². The number of benzene rings is 1. The molecule has 2 aliphatic heterocycles. The van der Waals surface area contributed by atoms with E-state index in [2.05, 4.69) is 5.32 Å². The van der Waals surface area contributed by atoms with Crippen molar-refractivity contribution in [3.63, 3.8) is 0 Å². The standard InChI is InChI=1S/C31H44N2O13/c1-39-10-11-41-14-15-43-18-19-45-21-20-44-17-16-42-13-12-40-9-3-4-23(34)22-46-26-6-2-5-24-28(26)31(38)33(30(24)37)25-7-8-27(35)32-29(25)36/h2,5-6,25H,3-4,7-22H2,1H3,(H,32,35,36). The summed E-state index contributed by atoms with van der Waals surface area (Å²) < 4.78 is 43.0. The molecule has 0 saturated carbocycles. The molecule has 1 fully saturated rings. The highest BCUT2D eigenvalue weighted by atomic mass is 16.6. The molecule has 1 N–H and O–H groups in total. The second-order valence-corrected chi connectivity index (χ2v) is 10.2. The monoisotopic (exact) mass is 652 g/mol. The number of hydrogen-bond acceptors (Lipinski definition) is 13. The van der Waals surface area contributed by atoms with E-state index >= 15 is 0 Å². The second kappa shape index (κ2) is 21.5. The minimum atomic E-state index is -1.08. The Bertz CT molecular complexity index is 1150. The van der Waals surface area contributed by atoms with Gasteiger partial charge in [-0.3, -0.25) is 34.2 Å². The molecule has 2 aliphatic rings. The van der Waals surface area contributed by atoms with E-state index in [0.29, 0.717) is 92.3 Å². The number of nitrogens with one attached hydrogen (secondary N) is 1. The van der Waals surface area contributed by atoms with Gasteiger partial charge < -0.3 is 37.9 Å². The van der Waals surface area contributed by atoms with Crippen LogP contribution in [0.1, 0.15) is 46.4 Å². The summed E-state index contributed by atoms with van der Waals surface area (Å²) in [4.78, 5) is 63.0. The van der Waals surface area contributed by atoms with E-state index in [4.69, 9.17) is 37.9 Å². The lowest BCUT2D eigenvalue weighted by Crippen LogP contribution is -2.54. The molecule has 3 rings (SSSR count). The van der Waals surface area contributed by atoms with Crippen LogP contribution >= 0.6 is 0 Å². The van der Waals surface area contributed by atoms with E-state index < -0.39 is 29.7 Å². The molecule has 1 saturated heterocycles. The Hall–Kier alpha value is -3.31. The van der Waals surface area contributed by atoms with Crippen LogP contribution in [0.25, 0.3) is 0 Å². The summed E-state index contributed by atoms with van der Waals surface area (Å²) in [6, 6.07) is 3.42. The Morgan fingerprint density at radius 3 is 1.85 bits per heavy atom. The van der Waals surface area contributed by atoms with Gasteiger partial charge in [-0.05, 0) is 25.0 Å². The molecule has 2 heterocycles. The van der Waals surface area contributed by atoms with Crippen molar-refractivity contribution in [2.45, 2.75) is 31.7 Å². The summed E-state index contributed by atoms with van der Waals surface area (Å²) in [5.74, 6) is -2.59. The van der Waals surface area contributed by atoms with Gasteiger partial charge in [0.05, 0.1) is 90.4 Å². The Morgan fingerprint density at radius 1 is 0.761 bits per heavy atom. The number of fused-ring (bicyclic) bond motifs is 1. The number of Topliss-reactive ketones (excluding diaryl/α,β-unsaturated/α-hetero) is 1. The van der Waals surface area contributed by atoms with Crippen LogP contribution in [0.4, 0.5) is 0 Å². The Morgan fingerprint density at radius 2 is 1.30 bits per heavy atom. The summed E-state index contributed by atoms with van der Waals surface area (Å²) in [5.41, 5.74) is 0.0917. The third-order valence-electron chi connectivity index (χ3n) is 6.85. The van der Waals surface area contributed by atoms with Crippen molar-refractivity contribution in [1.82, 2.24) is 10.2 Å². The number of piperidine rings is 1. The average molecular weight is 653 g/mol. The van der Waals surface area contributed by atoms with Crippen LogP contribution in [-0.2, 0) is 47.5 Å². The van der Waals surface area contributed by atoms with Crippen molar-refractivity contribution in [2.24, 2.45) is 0 Å². The highest BCUT2D eigenvalue weighted by Gasteiger charge is 2.46. The number of carbonyl (C=O) groups excluding carboxylic acids is 5. The molecule has 1 aromatic carbocycles. The van der Waals surface area contributed by atoms with Crippen molar-refractivity contribution in [1.29, 1.82) is 0 Å². The fraction of sp³-hybridized carbons (Fsp3) is 0.645. The SMILES string of the molecule is COCCOCCOCCOCCOCCOCCOCCCC(=O)COc1cccc2c1C(=O)N(C1CCC(=O)NC1=O)C2=O. The number of nitrogens with zero attached hydrogens (tertiary/aromatic N) is 1. The first-order valence-corrected chi connectivity index (χ1v) is 15.4. The smallest absolute Gasteiger partial charge is 0.266 e. The summed E-state index contributed by atoms with van der Waals surface area (Å²) >= 11 is 0. The van der Waals surface area contributed by atoms with Gasteiger partial charge in [-0.25, -0.2) is 0 Å². The number of ether oxygens (including phenoxy) is 8. The van der Waals surface area contributed by atoms with Crippen LogP contribution in [-0.4, -0.2) is 140 Å². The molecule has 0 spiro atoms. The van der Waals surface area contributed by atoms with Crippen LogP contribution in [0.3, 0.4) is 0 Å². The fourth-order valence-corrected chi connectivity index (χ4v) is 4.55. The van der Waals surface area contributed by atoms with Crippen LogP contribution in [0.5, 0.6) is 5.75 Å². The first-order valence-electron chi connectivity index (χ1n) is 15.4. The van der Waals surface area contributed by atoms with E-state index in [0.717, 1.165) is 4.90 Å². The maximum absolute atomic E-state index is 13.1. The molecule has 46 heavy (non-hydrogen) atoms. The zero-order valence-corrected chi connectivity index (χ0v) is 26.3. The average Bonchev–Trinajstić information content (AvgIpc) is 3.30. The van der Waals surface area contributed by atoms with Gasteiger partial charge in [0, 0.05) is 26.6 Å². The van der Waals surface area contributed by atoms with E-state index in [9.17, 15) is 24.0 Å². The van der Waals surface area contributed by atoms with Crippen molar-refractivity contribution in [3.8, 4) is 5.75 Å². The molecule has 1 aromatic rings. The molecule has 0 radical (unpaired) electrons. The molecule has 4 amide bonds. The molecular weight excluding hydrogens is 608 g/mol. The molecule has 0 bridgehead atoms. The predicted octanol–water partition coefficient (Wildman–Crippen LogP) is 0.562. The predicted molar refractivity (Wildman–Crippen MR) is 160 cm³/mol. The molecule has 1 unspecified atom stereocenters. The summed E-state index contributed by atoms with van der Waals surface area (Å²) in [6.07, 6.45) is 0.757. The molecule has 256 valence electrons. The number of hydrogen-bond donors (Lipinski definition) is 1. The number of imide groups is 2. The van der Waals surface area contributed by atoms with Crippen molar-refractivity contribution in [2.75, 3.05) is 99.6 Å². The third kappa shape index (κ3) is 12.5. The van der Waals surface area contributed by atoms with Crippen LogP contribution in [0.15, 0.2) is 18.2 Å². The lowest BCUT2D eigenvalue weighted by Gasteiger charge is -2.27. The maximum atomic E-state index is 13.1. The highest BCUT2D eigenvalue weighted by Crippen LogP contribution is 2.33. The largest absolute Gasteiger partial charge is 0.485 e. The highest BCUT2D eigenvalue weighted by molar-refractivity contribution is 6.24. The molecule has 15 nitrogen and oxygen atoms in total. The number of ketones is 1. The van der Waals surface area contributed by atoms with E-state index in [1.807, 2.05) is 0 Å². The van der Waals surface area contributed by atoms with E-state index in [1.165, 1.54) is 18.2 Å². The van der Waals surface area contributed by atoms with Gasteiger partial charge in [0.25, 0.3) is 11.8 Å². The second-order valence-electron chi connectivity index (χ2n) is 10.2. The Labute approximate surface area is 268 Å². The van der Waals surface area contributed by atoms with Gasteiger partial charge in [-0.2, -0.15) is 0 Å². The lowest BCUT2D eigenvalue weighted by atomic mass is 10.0. The minimum absolute atomic E-state index is 0.00420. The lowest BCUT2D eigenvalue weighted by molar-refractivity contribution is -0.136. The van der Waals surface area contributed by atoms with Gasteiger partial charge in [-0.15, -0.1) is 0 Å². The number of carbonyl (C=O) groups is 5. The summed E-state index contributed by atoms with van der Waals surface area (Å²) in [7, 11) is 1.63. The van der Waals surface area contributed by atoms with Gasteiger partial charge in [0.15, 0.2) is 5.78 Å². The van der Waals surface area contributed by atoms with E-state index in [1.54, 1.807) is 7.11 Å². The van der Waals surface area contributed by atoms with E-state index in [-0.39, 0.29) is 48.5 Å². The molecule has 0 aliphatic carbocycles. The van der Waals surface area contributed by atoms with Gasteiger partial charge in [0.2, 0.25) is 11.8 Å². The van der Waals surface area contributed by atoms with Gasteiger partial charge >= 0.3 is 0 Å². The number of amides is 4. The number of methoxy groups -OCH3 is 1. The summed E-state index contributed by atoms with van der Waals surface area (Å²) in [5, 5.41) is 2.16. The quantitative estimate of drug-likeness (QED) is 0.109. The molecule has 1 atom stereocenters. The summed E-state index contributed by atoms with van der Waals surface area (Å²) in [6.45, 7) is 5.77. The maximum Gasteiger partial charge on any atom is 0.266 e. The first kappa shape index (κ1) is 37.2. The Balaban J connectivity index is 1.16. The number of rotatable bonds is 26. The fourth-order valence-electron chi connectivity index (χ4n) is 4.55. The first-order chi connectivity index (χ1) is 22.4. The normalized spacial score (nSPS) is 16.2. The van der Waals surface area contributed by atoms with Gasteiger partial charge in [0.1, 0.15) is 18.4 Å². The molecular formula is C31H44N2O13. The van der Waals surface area contributed by atoms with Crippen molar-refractivity contribution >= 4 is 29.4 Å². The van der Waals surface area contributed by atoms with Crippen molar-refractivity contribution < 1.29 is 61.9 Å². The third-order valence-corrected chi connectivity index (χ3v) is 6.85. The molecule has 15 heteroatoms. The zero-order valence-electron chi connectivity index (χ0n) is 26.3. The van der Waals surface area contributed by atoms with Crippen LogP contribution in [0.2, 0.25) is 0 Å². The van der Waals surface area contributed by atoms with Crippen molar-refractivity contribution in [3.05, 3.63) is 29.3 Å². The topological polar surface area (TPSA) is 174 Å².